The quantitative estimate of drug-likeness (QED) is 0.388. The zero-order chi connectivity index (χ0) is 0. The Morgan fingerprint density at radius 2 is 1.00 bits per heavy atom. The van der Waals surface area contributed by atoms with Crippen LogP contribution in [0.2, 0.25) is 0 Å². The molecular weight excluding hydrogens is 394 g/mol. The Morgan fingerprint density at radius 1 is 1.00 bits per heavy atom. The SMILES string of the molecule is [AlH3].[LiH].[SrH2].[Ta].[Zr]. The van der Waals surface area contributed by atoms with Gasteiger partial charge in [0, 0.05) is 48.6 Å². The van der Waals surface area contributed by atoms with Crippen molar-refractivity contribution in [2.24, 2.45) is 0 Å². The molecule has 0 unspecified atom stereocenters. The van der Waals surface area contributed by atoms with Crippen molar-refractivity contribution in [2.75, 3.05) is 0 Å². The van der Waals surface area contributed by atoms with Crippen molar-refractivity contribution >= 4 is 81.7 Å². The first-order chi connectivity index (χ1) is 0. The topological polar surface area (TPSA) is 0 Å². The first-order valence-electron chi connectivity index (χ1n) is 0. The number of rotatable bonds is 0. The molecule has 0 amide bonds. The van der Waals surface area contributed by atoms with E-state index in [1.165, 1.54) is 0 Å². The normalized spacial score (nSPS) is 0. The molecule has 1 radical (unpaired) electrons. The van der Waals surface area contributed by atoms with Crippen molar-refractivity contribution < 1.29 is 48.6 Å². The molecule has 0 saturated carbocycles. The molecule has 0 N–H and O–H groups in total. The maximum Gasteiger partial charge on any atom is 0 e. The largest absolute Gasteiger partial charge is 0 e. The molecule has 0 saturated heterocycles. The first kappa shape index (κ1) is 34.9. The molecule has 21 valence electrons. The summed E-state index contributed by atoms with van der Waals surface area (Å²) in [5.74, 6) is 0. The van der Waals surface area contributed by atoms with Crippen molar-refractivity contribution in [3.05, 3.63) is 0 Å². The Balaban J connectivity index is 0. The van der Waals surface area contributed by atoms with Gasteiger partial charge in [0.15, 0.2) is 17.4 Å². The van der Waals surface area contributed by atoms with Gasteiger partial charge in [-0.05, 0) is 0 Å². The Labute approximate surface area is 127 Å². The second kappa shape index (κ2) is 24.0. The molecule has 0 rings (SSSR count). The van der Waals surface area contributed by atoms with E-state index in [0.29, 0.717) is 0 Å². The Hall–Kier alpha value is 4.23. The van der Waals surface area contributed by atoms with E-state index in [4.69, 9.17) is 0 Å². The second-order valence-electron chi connectivity index (χ2n) is 0. The minimum atomic E-state index is 0. The predicted octanol–water partition coefficient (Wildman–Crippen LogP) is -2.75. The molecule has 0 aromatic rings. The van der Waals surface area contributed by atoms with E-state index in [-0.39, 0.29) is 130 Å². The fraction of sp³-hybridized carbons (Fsp3) is 0. The minimum Gasteiger partial charge on any atom is 0 e. The van der Waals surface area contributed by atoms with Gasteiger partial charge in [-0.3, -0.25) is 0 Å². The smallest absolute Gasteiger partial charge is 0 e. The van der Waals surface area contributed by atoms with Gasteiger partial charge in [0.2, 0.25) is 0 Å². The zero-order valence-electron chi connectivity index (χ0n) is 0.947. The number of hydrogen-bond acceptors (Lipinski definition) is 0. The molecule has 0 heterocycles. The molecular formula is H6AlLiSrTaZr. The van der Waals surface area contributed by atoms with Crippen LogP contribution in [-0.4, -0.2) is 81.7 Å². The Bertz CT molecular complexity index is 11.6. The van der Waals surface area contributed by atoms with E-state index in [1.54, 1.807) is 0 Å². The third-order valence-electron chi connectivity index (χ3n) is 0. The van der Waals surface area contributed by atoms with Gasteiger partial charge in [-0.1, -0.05) is 0 Å². The van der Waals surface area contributed by atoms with Gasteiger partial charge in [0.25, 0.3) is 0 Å². The third-order valence-corrected chi connectivity index (χ3v) is 0. The summed E-state index contributed by atoms with van der Waals surface area (Å²) in [4.78, 5) is 0. The van der Waals surface area contributed by atoms with E-state index < -0.39 is 0 Å². The fourth-order valence-corrected chi connectivity index (χ4v) is 0. The van der Waals surface area contributed by atoms with E-state index in [2.05, 4.69) is 0 Å². The van der Waals surface area contributed by atoms with Crippen molar-refractivity contribution in [3.8, 4) is 0 Å². The molecule has 0 aliphatic carbocycles. The molecule has 5 heavy (non-hydrogen) atoms. The number of hydrogen-bond donors (Lipinski definition) is 0. The summed E-state index contributed by atoms with van der Waals surface area (Å²) in [7, 11) is 0. The molecule has 0 nitrogen and oxygen atoms in total. The Morgan fingerprint density at radius 3 is 1.00 bits per heavy atom. The van der Waals surface area contributed by atoms with Crippen LogP contribution in [-0.2, 0) is 48.6 Å². The molecule has 0 bridgehead atoms. The van der Waals surface area contributed by atoms with Crippen molar-refractivity contribution in [1.29, 1.82) is 0 Å². The molecule has 0 atom stereocenters. The van der Waals surface area contributed by atoms with Crippen LogP contribution >= 0.6 is 0 Å². The van der Waals surface area contributed by atoms with Crippen molar-refractivity contribution in [2.45, 2.75) is 0 Å². The average molecular weight is 400 g/mol. The van der Waals surface area contributed by atoms with Crippen molar-refractivity contribution in [1.82, 2.24) is 0 Å². The maximum atomic E-state index is 0. The summed E-state index contributed by atoms with van der Waals surface area (Å²) >= 11 is 0. The summed E-state index contributed by atoms with van der Waals surface area (Å²) in [5, 5.41) is 0. The van der Waals surface area contributed by atoms with Crippen LogP contribution in [0, 0.1) is 0 Å². The van der Waals surface area contributed by atoms with Crippen LogP contribution in [0.5, 0.6) is 0 Å². The van der Waals surface area contributed by atoms with E-state index in [0.717, 1.165) is 0 Å². The van der Waals surface area contributed by atoms with Crippen LogP contribution in [0.1, 0.15) is 0 Å². The van der Waals surface area contributed by atoms with Gasteiger partial charge < -0.3 is 0 Å². The zero-order valence-corrected chi connectivity index (χ0v) is 6.62. The summed E-state index contributed by atoms with van der Waals surface area (Å²) in [6.07, 6.45) is 0. The van der Waals surface area contributed by atoms with Crippen LogP contribution in [0.15, 0.2) is 0 Å². The van der Waals surface area contributed by atoms with Gasteiger partial charge in [0.05, 0.1) is 0 Å². The van der Waals surface area contributed by atoms with Gasteiger partial charge in [-0.15, -0.1) is 0 Å². The van der Waals surface area contributed by atoms with Crippen LogP contribution in [0.4, 0.5) is 0 Å². The van der Waals surface area contributed by atoms with Gasteiger partial charge in [0.1, 0.15) is 0 Å². The minimum absolute atomic E-state index is 0. The van der Waals surface area contributed by atoms with E-state index >= 15 is 0 Å². The summed E-state index contributed by atoms with van der Waals surface area (Å²) < 4.78 is 0. The molecule has 0 aliphatic heterocycles. The summed E-state index contributed by atoms with van der Waals surface area (Å²) in [6.45, 7) is 0. The monoisotopic (exact) mass is 399 g/mol. The van der Waals surface area contributed by atoms with Crippen LogP contribution in [0.25, 0.3) is 0 Å². The Kier molecular flexibility index (Phi) is 168. The summed E-state index contributed by atoms with van der Waals surface area (Å²) in [6, 6.07) is 0. The standard InChI is InChI=1S/Al.Li.Sr.Ta.Zr.6H. The molecule has 5 heteroatoms. The van der Waals surface area contributed by atoms with Crippen LogP contribution < -0.4 is 0 Å². The third kappa shape index (κ3) is 17.9. The molecule has 0 spiro atoms. The van der Waals surface area contributed by atoms with Gasteiger partial charge in [-0.2, -0.15) is 0 Å². The predicted molar refractivity (Wildman–Crippen MR) is 25.6 cm³/mol. The van der Waals surface area contributed by atoms with Crippen molar-refractivity contribution in [3.63, 3.8) is 0 Å². The van der Waals surface area contributed by atoms with E-state index in [1.807, 2.05) is 0 Å². The molecule has 0 aromatic heterocycles. The van der Waals surface area contributed by atoms with Gasteiger partial charge >= 0.3 is 64.3 Å². The van der Waals surface area contributed by atoms with E-state index in [9.17, 15) is 0 Å². The molecule has 0 fully saturated rings. The van der Waals surface area contributed by atoms with Crippen LogP contribution in [0.3, 0.4) is 0 Å². The summed E-state index contributed by atoms with van der Waals surface area (Å²) in [5.41, 5.74) is 0. The molecule has 0 aliphatic rings. The first-order valence-corrected chi connectivity index (χ1v) is 0. The second-order valence-corrected chi connectivity index (χ2v) is 0. The molecule has 0 aromatic carbocycles. The maximum absolute atomic E-state index is 0. The fourth-order valence-electron chi connectivity index (χ4n) is 0. The average Bonchev–Trinajstić information content (AvgIpc) is 0. The van der Waals surface area contributed by atoms with Gasteiger partial charge in [-0.25, -0.2) is 0 Å².